The van der Waals surface area contributed by atoms with Crippen LogP contribution < -0.4 is 0 Å². The summed E-state index contributed by atoms with van der Waals surface area (Å²) in [7, 11) is -9.81. The molecule has 0 fully saturated rings. The Morgan fingerprint density at radius 3 is 0.933 bits per heavy atom. The SMILES string of the molecule is CC/C=C\C/C=C\C/C=C\C/C=C\C/C=C\CCCCCCCC(=O)OCC(O)COP(=O)(O)OCC(O)COP(=O)(O)OCC(COC(=O)CCC/C=C\C/C=C\C/C=C\C/C=C\C/C=C\CC)OC(=O)CCCCCCC/C=C\C/C=C\C/C=C\CC. The van der Waals surface area contributed by atoms with Crippen molar-refractivity contribution in [2.45, 2.75) is 232 Å². The fourth-order valence-corrected chi connectivity index (χ4v) is 9.41. The summed E-state index contributed by atoms with van der Waals surface area (Å²) in [5, 5.41) is 20.5. The van der Waals surface area contributed by atoms with Gasteiger partial charge in [0.1, 0.15) is 25.4 Å². The van der Waals surface area contributed by atoms with Gasteiger partial charge in [0, 0.05) is 19.3 Å². The van der Waals surface area contributed by atoms with Crippen LogP contribution in [-0.2, 0) is 55.8 Å². The van der Waals surface area contributed by atoms with Crippen molar-refractivity contribution in [3.8, 4) is 0 Å². The third kappa shape index (κ3) is 64.5. The van der Waals surface area contributed by atoms with Gasteiger partial charge >= 0.3 is 33.6 Å². The standard InChI is InChI=1S/C71H114O16P2/c1-4-7-10-13-16-19-22-25-28-30-31-32-33-35-38-39-42-45-48-51-54-57-69(74)81-60-66(72)61-83-88(77,78)84-62-67(73)63-85-89(79,80)86-65-68(87-71(76)59-56-53-50-47-44-41-36-27-24-21-18-15-12-9-6-3)64-82-70(75)58-55-52-49-46-43-40-37-34-29-26-23-20-17-14-11-8-5-2/h7-12,16-21,25-29,31-32,35-38,40,46,49,66-68,72-73H,4-6,13-15,22-24,30,33-34,39,41-45,47-48,50-65H2,1-3H3,(H,77,78)(H,79,80)/b10-7-,11-8-,12-9-,19-16-,20-17-,21-18-,28-25-,29-26-,32-31-,36-27-,38-35-,40-37-,49-46-. The number of hydrogen-bond acceptors (Lipinski definition) is 14. The highest BCUT2D eigenvalue weighted by atomic mass is 31.2. The number of carbonyl (C=O) groups is 3. The molecule has 0 aliphatic heterocycles. The fourth-order valence-electron chi connectivity index (χ4n) is 7.82. The van der Waals surface area contributed by atoms with Crippen molar-refractivity contribution in [2.75, 3.05) is 39.6 Å². The molecule has 0 saturated carbocycles. The Labute approximate surface area is 536 Å². The molecule has 0 amide bonds. The molecule has 0 aromatic carbocycles. The first-order chi connectivity index (χ1) is 43.2. The molecule has 0 radical (unpaired) electrons. The van der Waals surface area contributed by atoms with Crippen LogP contribution in [0.25, 0.3) is 0 Å². The molecule has 5 atom stereocenters. The Bertz CT molecular complexity index is 2250. The molecule has 0 heterocycles. The zero-order chi connectivity index (χ0) is 65.3. The molecule has 0 spiro atoms. The van der Waals surface area contributed by atoms with E-state index < -0.39 is 91.5 Å². The van der Waals surface area contributed by atoms with Crippen LogP contribution in [0.15, 0.2) is 158 Å². The molecule has 18 heteroatoms. The summed E-state index contributed by atoms with van der Waals surface area (Å²) in [5.74, 6) is -1.70. The molecular weight excluding hydrogens is 1170 g/mol. The number of phosphoric acid groups is 2. The molecule has 0 saturated heterocycles. The van der Waals surface area contributed by atoms with Crippen LogP contribution in [0.1, 0.15) is 213 Å². The highest BCUT2D eigenvalue weighted by Crippen LogP contribution is 2.45. The zero-order valence-electron chi connectivity index (χ0n) is 54.3. The van der Waals surface area contributed by atoms with Gasteiger partial charge in [0.05, 0.1) is 26.4 Å². The van der Waals surface area contributed by atoms with E-state index in [9.17, 15) is 43.5 Å². The Morgan fingerprint density at radius 1 is 0.315 bits per heavy atom. The van der Waals surface area contributed by atoms with Crippen LogP contribution in [0.5, 0.6) is 0 Å². The van der Waals surface area contributed by atoms with E-state index in [1.165, 1.54) is 0 Å². The van der Waals surface area contributed by atoms with Crippen LogP contribution in [-0.4, -0.2) is 95.9 Å². The molecule has 0 aromatic heterocycles. The second-order valence-electron chi connectivity index (χ2n) is 21.1. The van der Waals surface area contributed by atoms with Gasteiger partial charge in [0.2, 0.25) is 0 Å². The third-order valence-corrected chi connectivity index (χ3v) is 14.6. The number of allylic oxidation sites excluding steroid dienone is 26. The summed E-state index contributed by atoms with van der Waals surface area (Å²) in [4.78, 5) is 58.3. The molecule has 16 nitrogen and oxygen atoms in total. The van der Waals surface area contributed by atoms with E-state index >= 15 is 0 Å². The van der Waals surface area contributed by atoms with Gasteiger partial charge in [0.25, 0.3) is 0 Å². The first-order valence-corrected chi connectivity index (χ1v) is 35.8. The lowest BCUT2D eigenvalue weighted by Gasteiger charge is -2.21. The van der Waals surface area contributed by atoms with Crippen molar-refractivity contribution < 1.29 is 75.8 Å². The van der Waals surface area contributed by atoms with Crippen molar-refractivity contribution in [3.63, 3.8) is 0 Å². The van der Waals surface area contributed by atoms with Gasteiger partial charge in [-0.25, -0.2) is 9.13 Å². The van der Waals surface area contributed by atoms with Crippen LogP contribution in [0, 0.1) is 0 Å². The normalized spacial score (nSPS) is 15.3. The van der Waals surface area contributed by atoms with Gasteiger partial charge in [-0.2, -0.15) is 0 Å². The molecular formula is C71H114O16P2. The zero-order valence-corrected chi connectivity index (χ0v) is 56.1. The van der Waals surface area contributed by atoms with Crippen molar-refractivity contribution in [1.29, 1.82) is 0 Å². The van der Waals surface area contributed by atoms with E-state index in [0.717, 1.165) is 148 Å². The first kappa shape index (κ1) is 84.2. The minimum absolute atomic E-state index is 0.0662. The first-order valence-electron chi connectivity index (χ1n) is 32.8. The van der Waals surface area contributed by atoms with Crippen molar-refractivity contribution >= 4 is 33.6 Å². The number of phosphoric ester groups is 2. The summed E-state index contributed by atoms with van der Waals surface area (Å²) < 4.78 is 60.7. The predicted octanol–water partition coefficient (Wildman–Crippen LogP) is 18.0. The lowest BCUT2D eigenvalue weighted by Crippen LogP contribution is -2.30. The van der Waals surface area contributed by atoms with Gasteiger partial charge in [-0.05, 0) is 135 Å². The summed E-state index contributed by atoms with van der Waals surface area (Å²) in [5.41, 5.74) is 0. The summed E-state index contributed by atoms with van der Waals surface area (Å²) in [6.07, 6.45) is 75.9. The Hall–Kier alpha value is -4.83. The smallest absolute Gasteiger partial charge is 0.463 e. The van der Waals surface area contributed by atoms with Gasteiger partial charge in [-0.3, -0.25) is 32.5 Å². The number of carbonyl (C=O) groups excluding carboxylic acids is 3. The highest BCUT2D eigenvalue weighted by Gasteiger charge is 2.29. The average Bonchev–Trinajstić information content (AvgIpc) is 3.63. The Balaban J connectivity index is 4.75. The predicted molar refractivity (Wildman–Crippen MR) is 362 cm³/mol. The highest BCUT2D eigenvalue weighted by molar-refractivity contribution is 7.47. The van der Waals surface area contributed by atoms with Crippen LogP contribution in [0.2, 0.25) is 0 Å². The molecule has 4 N–H and O–H groups in total. The number of esters is 3. The molecule has 0 aromatic rings. The number of aliphatic hydroxyl groups excluding tert-OH is 2. The average molecular weight is 1290 g/mol. The van der Waals surface area contributed by atoms with Gasteiger partial charge in [-0.15, -0.1) is 0 Å². The number of unbranched alkanes of at least 4 members (excludes halogenated alkanes) is 11. The largest absolute Gasteiger partial charge is 0.472 e. The fraction of sp³-hybridized carbons (Fsp3) is 0.592. The van der Waals surface area contributed by atoms with E-state index in [1.54, 1.807) is 0 Å². The lowest BCUT2D eigenvalue weighted by atomic mass is 10.1. The van der Waals surface area contributed by atoms with E-state index in [4.69, 9.17) is 32.3 Å². The van der Waals surface area contributed by atoms with Crippen LogP contribution in [0.4, 0.5) is 0 Å². The van der Waals surface area contributed by atoms with Crippen LogP contribution in [0.3, 0.4) is 0 Å². The van der Waals surface area contributed by atoms with Crippen molar-refractivity contribution in [2.24, 2.45) is 0 Å². The summed E-state index contributed by atoms with van der Waals surface area (Å²) >= 11 is 0. The van der Waals surface area contributed by atoms with Crippen LogP contribution >= 0.6 is 15.6 Å². The molecule has 0 aliphatic rings. The maximum atomic E-state index is 12.9. The molecule has 0 bridgehead atoms. The molecule has 89 heavy (non-hydrogen) atoms. The second-order valence-corrected chi connectivity index (χ2v) is 24.0. The topological polar surface area (TPSA) is 231 Å². The number of hydrogen-bond donors (Lipinski definition) is 4. The Kier molecular flexibility index (Phi) is 59.9. The number of ether oxygens (including phenoxy) is 3. The quantitative estimate of drug-likeness (QED) is 0.0146. The van der Waals surface area contributed by atoms with Crippen molar-refractivity contribution in [1.82, 2.24) is 0 Å². The maximum Gasteiger partial charge on any atom is 0.472 e. The number of rotatable bonds is 60. The maximum absolute atomic E-state index is 12.9. The molecule has 5 unspecified atom stereocenters. The second kappa shape index (κ2) is 63.3. The summed E-state index contributed by atoms with van der Waals surface area (Å²) in [6, 6.07) is 0. The number of aliphatic hydroxyl groups is 2. The Morgan fingerprint density at radius 2 is 0.573 bits per heavy atom. The van der Waals surface area contributed by atoms with Gasteiger partial charge < -0.3 is 34.2 Å². The van der Waals surface area contributed by atoms with E-state index in [0.29, 0.717) is 25.7 Å². The molecule has 0 rings (SSSR count). The van der Waals surface area contributed by atoms with E-state index in [1.807, 2.05) is 12.2 Å². The van der Waals surface area contributed by atoms with Gasteiger partial charge in [0.15, 0.2) is 6.10 Å². The van der Waals surface area contributed by atoms with E-state index in [2.05, 4.69) is 167 Å². The third-order valence-electron chi connectivity index (χ3n) is 12.7. The minimum Gasteiger partial charge on any atom is -0.463 e. The monoisotopic (exact) mass is 1280 g/mol. The van der Waals surface area contributed by atoms with Crippen molar-refractivity contribution in [3.05, 3.63) is 158 Å². The minimum atomic E-state index is -4.95. The summed E-state index contributed by atoms with van der Waals surface area (Å²) in [6.45, 7) is 2.17. The lowest BCUT2D eigenvalue weighted by molar-refractivity contribution is -0.161. The van der Waals surface area contributed by atoms with Gasteiger partial charge in [-0.1, -0.05) is 217 Å². The van der Waals surface area contributed by atoms with E-state index in [-0.39, 0.29) is 19.3 Å². The molecule has 504 valence electrons. The molecule has 0 aliphatic carbocycles.